The number of hydrogen-bond donors (Lipinski definition) is 0. The molecule has 0 nitrogen and oxygen atoms in total. The average Bonchev–Trinajstić information content (AvgIpc) is 1.84. The highest BCUT2D eigenvalue weighted by atomic mass is 19.4. The van der Waals surface area contributed by atoms with E-state index in [-0.39, 0.29) is 0 Å². The summed E-state index contributed by atoms with van der Waals surface area (Å²) < 4.78 is 35.6. The Morgan fingerprint density at radius 1 is 1.33 bits per heavy atom. The molecule has 70 valence electrons. The lowest BCUT2D eigenvalue weighted by Crippen LogP contribution is -2.07. The van der Waals surface area contributed by atoms with Crippen molar-refractivity contribution in [2.24, 2.45) is 0 Å². The molecule has 12 heavy (non-hydrogen) atoms. The first-order chi connectivity index (χ1) is 5.49. The average molecular weight is 178 g/mol. The second-order valence-corrected chi connectivity index (χ2v) is 2.48. The van der Waals surface area contributed by atoms with Crippen LogP contribution in [0.5, 0.6) is 0 Å². The molecule has 0 atom stereocenters. The zero-order chi connectivity index (χ0) is 9.61. The number of alkyl halides is 3. The highest BCUT2D eigenvalue weighted by molar-refractivity contribution is 5.18. The first-order valence-corrected chi connectivity index (χ1v) is 3.88. The van der Waals surface area contributed by atoms with Gasteiger partial charge in [0.15, 0.2) is 0 Å². The van der Waals surface area contributed by atoms with Gasteiger partial charge >= 0.3 is 6.18 Å². The smallest absolute Gasteiger partial charge is 0.171 e. The summed E-state index contributed by atoms with van der Waals surface area (Å²) in [5, 5.41) is 0. The second-order valence-electron chi connectivity index (χ2n) is 2.48. The van der Waals surface area contributed by atoms with Gasteiger partial charge in [-0.1, -0.05) is 25.2 Å². The van der Waals surface area contributed by atoms with Crippen LogP contribution in [0.4, 0.5) is 13.2 Å². The van der Waals surface area contributed by atoms with E-state index in [0.717, 1.165) is 0 Å². The van der Waals surface area contributed by atoms with Crippen LogP contribution < -0.4 is 0 Å². The van der Waals surface area contributed by atoms with Gasteiger partial charge in [0, 0.05) is 0 Å². The minimum atomic E-state index is -4.10. The Morgan fingerprint density at radius 2 is 1.92 bits per heavy atom. The van der Waals surface area contributed by atoms with Crippen LogP contribution in [0.25, 0.3) is 0 Å². The van der Waals surface area contributed by atoms with Crippen LogP contribution in [0.3, 0.4) is 0 Å². The van der Waals surface area contributed by atoms with Gasteiger partial charge in [0.05, 0.1) is 6.42 Å². The van der Waals surface area contributed by atoms with Gasteiger partial charge in [-0.2, -0.15) is 13.2 Å². The van der Waals surface area contributed by atoms with Crippen molar-refractivity contribution >= 4 is 0 Å². The lowest BCUT2D eigenvalue weighted by atomic mass is 10.1. The van der Waals surface area contributed by atoms with Crippen molar-refractivity contribution in [3.8, 4) is 0 Å². The summed E-state index contributed by atoms with van der Waals surface area (Å²) in [4.78, 5) is 0. The van der Waals surface area contributed by atoms with Gasteiger partial charge in [-0.15, -0.1) is 0 Å². The van der Waals surface area contributed by atoms with Gasteiger partial charge in [0.25, 0.3) is 0 Å². The monoisotopic (exact) mass is 178 g/mol. The Labute approximate surface area is 70.8 Å². The number of hydrogen-bond acceptors (Lipinski definition) is 0. The summed E-state index contributed by atoms with van der Waals surface area (Å²) in [6.45, 7) is 3.53. The molecule has 0 bridgehead atoms. The van der Waals surface area contributed by atoms with Crippen molar-refractivity contribution in [3.05, 3.63) is 23.8 Å². The molecule has 0 aliphatic rings. The van der Waals surface area contributed by atoms with Crippen LogP contribution in [0.15, 0.2) is 23.8 Å². The maximum absolute atomic E-state index is 11.9. The van der Waals surface area contributed by atoms with E-state index in [1.807, 2.05) is 6.92 Å². The maximum Gasteiger partial charge on any atom is 0.393 e. The Hall–Kier alpha value is -0.730. The van der Waals surface area contributed by atoms with Crippen molar-refractivity contribution in [2.75, 3.05) is 0 Å². The predicted octanol–water partition coefficient (Wildman–Crippen LogP) is 3.85. The van der Waals surface area contributed by atoms with Crippen LogP contribution >= 0.6 is 0 Å². The van der Waals surface area contributed by atoms with E-state index in [1.165, 1.54) is 6.08 Å². The van der Waals surface area contributed by atoms with Crippen molar-refractivity contribution < 1.29 is 13.2 Å². The summed E-state index contributed by atoms with van der Waals surface area (Å²) >= 11 is 0. The third-order valence-electron chi connectivity index (χ3n) is 1.25. The van der Waals surface area contributed by atoms with Gasteiger partial charge in [0.2, 0.25) is 0 Å². The van der Waals surface area contributed by atoms with Crippen LogP contribution in [0.1, 0.15) is 26.7 Å². The largest absolute Gasteiger partial charge is 0.393 e. The van der Waals surface area contributed by atoms with E-state index >= 15 is 0 Å². The fraction of sp³-hybridized carbons (Fsp3) is 0.556. The molecule has 0 aromatic carbocycles. The molecule has 0 fully saturated rings. The molecular formula is C9H13F3. The van der Waals surface area contributed by atoms with Crippen molar-refractivity contribution in [1.29, 1.82) is 0 Å². The first kappa shape index (κ1) is 11.3. The minimum absolute atomic E-state index is 0.340. The van der Waals surface area contributed by atoms with Gasteiger partial charge < -0.3 is 0 Å². The molecule has 0 N–H and O–H groups in total. The molecule has 0 unspecified atom stereocenters. The topological polar surface area (TPSA) is 0 Å². The van der Waals surface area contributed by atoms with Crippen molar-refractivity contribution in [2.45, 2.75) is 32.9 Å². The normalized spacial score (nSPS) is 14.2. The second kappa shape index (κ2) is 5.01. The van der Waals surface area contributed by atoms with E-state index in [4.69, 9.17) is 0 Å². The van der Waals surface area contributed by atoms with Crippen molar-refractivity contribution in [3.63, 3.8) is 0 Å². The molecule has 3 heteroatoms. The first-order valence-electron chi connectivity index (χ1n) is 3.88. The van der Waals surface area contributed by atoms with E-state index in [0.29, 0.717) is 12.0 Å². The predicted molar refractivity (Wildman–Crippen MR) is 43.9 cm³/mol. The SMILES string of the molecule is C/C=C\C(=C/CC)CC(F)(F)F. The molecule has 0 spiro atoms. The highest BCUT2D eigenvalue weighted by Gasteiger charge is 2.27. The van der Waals surface area contributed by atoms with Gasteiger partial charge in [-0.05, 0) is 18.9 Å². The van der Waals surface area contributed by atoms with E-state index < -0.39 is 12.6 Å². The number of rotatable bonds is 3. The summed E-state index contributed by atoms with van der Waals surface area (Å²) in [5.74, 6) is 0. The van der Waals surface area contributed by atoms with Gasteiger partial charge in [-0.25, -0.2) is 0 Å². The summed E-state index contributed by atoms with van der Waals surface area (Å²) in [6.07, 6.45) is 0.416. The van der Waals surface area contributed by atoms with Crippen LogP contribution in [-0.2, 0) is 0 Å². The summed E-state index contributed by atoms with van der Waals surface area (Å²) in [5.41, 5.74) is 0.340. The van der Waals surface area contributed by atoms with Crippen LogP contribution in [-0.4, -0.2) is 6.18 Å². The van der Waals surface area contributed by atoms with Gasteiger partial charge in [-0.3, -0.25) is 0 Å². The quantitative estimate of drug-likeness (QED) is 0.576. The maximum atomic E-state index is 11.9. The third-order valence-corrected chi connectivity index (χ3v) is 1.25. The van der Waals surface area contributed by atoms with Gasteiger partial charge in [0.1, 0.15) is 0 Å². The summed E-state index contributed by atoms with van der Waals surface area (Å²) in [7, 11) is 0. The molecule has 0 rings (SSSR count). The fourth-order valence-corrected chi connectivity index (χ4v) is 0.907. The molecule has 0 amide bonds. The Kier molecular flexibility index (Phi) is 4.71. The zero-order valence-corrected chi connectivity index (χ0v) is 7.28. The molecular weight excluding hydrogens is 165 g/mol. The standard InChI is InChI=1S/C9H13F3/c1-3-5-8(6-4-2)7-9(10,11)12/h3,5-6H,4,7H2,1-2H3/b5-3-,8-6+. The highest BCUT2D eigenvalue weighted by Crippen LogP contribution is 2.25. The molecule has 0 saturated carbocycles. The van der Waals surface area contributed by atoms with E-state index in [9.17, 15) is 13.2 Å². The van der Waals surface area contributed by atoms with Crippen molar-refractivity contribution in [1.82, 2.24) is 0 Å². The molecule has 0 saturated heterocycles. The lowest BCUT2D eigenvalue weighted by Gasteiger charge is -2.06. The Balaban J connectivity index is 4.25. The molecule has 0 radical (unpaired) electrons. The molecule has 0 aliphatic heterocycles. The zero-order valence-electron chi connectivity index (χ0n) is 7.28. The lowest BCUT2D eigenvalue weighted by molar-refractivity contribution is -0.126. The summed E-state index contributed by atoms with van der Waals surface area (Å²) in [6, 6.07) is 0. The van der Waals surface area contributed by atoms with E-state index in [1.54, 1.807) is 19.1 Å². The molecule has 0 aromatic rings. The van der Waals surface area contributed by atoms with Crippen LogP contribution in [0, 0.1) is 0 Å². The number of allylic oxidation sites excluding steroid dienone is 4. The molecule has 0 heterocycles. The Bertz CT molecular complexity index is 175. The Morgan fingerprint density at radius 3 is 2.25 bits per heavy atom. The number of halogens is 3. The minimum Gasteiger partial charge on any atom is -0.171 e. The fourth-order valence-electron chi connectivity index (χ4n) is 0.907. The third kappa shape index (κ3) is 6.01. The molecule has 0 aliphatic carbocycles. The van der Waals surface area contributed by atoms with E-state index in [2.05, 4.69) is 0 Å². The van der Waals surface area contributed by atoms with Crippen LogP contribution in [0.2, 0.25) is 0 Å². The molecule has 0 aromatic heterocycles.